The Bertz CT molecular complexity index is 711. The molecule has 24 heavy (non-hydrogen) atoms. The number of anilines is 1. The molecule has 0 aromatic heterocycles. The van der Waals surface area contributed by atoms with E-state index in [0.29, 0.717) is 11.4 Å². The zero-order valence-electron chi connectivity index (χ0n) is 14.2. The number of hydrogen-bond donors (Lipinski definition) is 2. The summed E-state index contributed by atoms with van der Waals surface area (Å²) in [5, 5.41) is 2.79. The molecule has 3 N–H and O–H groups in total. The Morgan fingerprint density at radius 1 is 1.21 bits per heavy atom. The van der Waals surface area contributed by atoms with E-state index in [1.54, 1.807) is 36.4 Å². The highest BCUT2D eigenvalue weighted by Crippen LogP contribution is 2.22. The van der Waals surface area contributed by atoms with Crippen LogP contribution in [-0.4, -0.2) is 11.9 Å². The minimum atomic E-state index is -0.616. The Balaban J connectivity index is 2.00. The number of halogens is 1. The summed E-state index contributed by atoms with van der Waals surface area (Å²) in [7, 11) is 0. The Kier molecular flexibility index (Phi) is 5.57. The van der Waals surface area contributed by atoms with Crippen LogP contribution in [0.1, 0.15) is 26.3 Å². The zero-order chi connectivity index (χ0) is 17.7. The first-order chi connectivity index (χ1) is 11.3. The van der Waals surface area contributed by atoms with Crippen LogP contribution in [0.25, 0.3) is 0 Å². The van der Waals surface area contributed by atoms with Gasteiger partial charge in [0.1, 0.15) is 18.2 Å². The van der Waals surface area contributed by atoms with Gasteiger partial charge in [-0.2, -0.15) is 0 Å². The van der Waals surface area contributed by atoms with Crippen LogP contribution >= 0.6 is 0 Å². The average molecular weight is 330 g/mol. The van der Waals surface area contributed by atoms with E-state index in [4.69, 9.17) is 10.5 Å². The lowest BCUT2D eigenvalue weighted by atomic mass is 9.87. The highest BCUT2D eigenvalue weighted by atomic mass is 19.1. The molecule has 128 valence electrons. The van der Waals surface area contributed by atoms with Crippen LogP contribution in [0.15, 0.2) is 48.5 Å². The molecule has 4 nitrogen and oxygen atoms in total. The molecule has 0 unspecified atom stereocenters. The highest BCUT2D eigenvalue weighted by molar-refractivity contribution is 5.95. The molecule has 5 heteroatoms. The third-order valence-electron chi connectivity index (χ3n) is 3.61. The summed E-state index contributed by atoms with van der Waals surface area (Å²) in [6.45, 7) is 5.98. The van der Waals surface area contributed by atoms with Crippen molar-refractivity contribution < 1.29 is 13.9 Å². The zero-order valence-corrected chi connectivity index (χ0v) is 14.2. The summed E-state index contributed by atoms with van der Waals surface area (Å²) in [4.78, 5) is 12.2. The van der Waals surface area contributed by atoms with Crippen LogP contribution in [0.3, 0.4) is 0 Å². The molecule has 0 fully saturated rings. The maximum absolute atomic E-state index is 13.2. The normalized spacial score (nSPS) is 12.5. The molecule has 0 bridgehead atoms. The number of ether oxygens (including phenoxy) is 1. The minimum Gasteiger partial charge on any atom is -0.489 e. The first-order valence-electron chi connectivity index (χ1n) is 7.79. The lowest BCUT2D eigenvalue weighted by molar-refractivity contribution is -0.119. The number of benzene rings is 2. The third kappa shape index (κ3) is 5.06. The van der Waals surface area contributed by atoms with Crippen LogP contribution in [0.5, 0.6) is 5.75 Å². The van der Waals surface area contributed by atoms with Crippen molar-refractivity contribution in [3.05, 3.63) is 59.9 Å². The van der Waals surface area contributed by atoms with Crippen molar-refractivity contribution in [1.29, 1.82) is 0 Å². The molecule has 0 aliphatic carbocycles. The van der Waals surface area contributed by atoms with Crippen molar-refractivity contribution in [3.8, 4) is 5.75 Å². The molecular formula is C19H23FN2O2. The molecule has 0 spiro atoms. The van der Waals surface area contributed by atoms with Gasteiger partial charge in [0.25, 0.3) is 0 Å². The van der Waals surface area contributed by atoms with Crippen LogP contribution in [0.2, 0.25) is 0 Å². The maximum atomic E-state index is 13.2. The van der Waals surface area contributed by atoms with Crippen molar-refractivity contribution in [3.63, 3.8) is 0 Å². The minimum absolute atomic E-state index is 0.246. The van der Waals surface area contributed by atoms with Gasteiger partial charge in [-0.15, -0.1) is 0 Å². The lowest BCUT2D eigenvalue weighted by Crippen LogP contribution is -2.45. The van der Waals surface area contributed by atoms with Crippen molar-refractivity contribution in [2.24, 2.45) is 11.1 Å². The van der Waals surface area contributed by atoms with E-state index >= 15 is 0 Å². The van der Waals surface area contributed by atoms with E-state index in [0.717, 1.165) is 5.56 Å². The fourth-order valence-electron chi connectivity index (χ4n) is 2.07. The Morgan fingerprint density at radius 2 is 1.92 bits per heavy atom. The Morgan fingerprint density at radius 3 is 2.58 bits per heavy atom. The molecule has 0 aliphatic heterocycles. The molecule has 0 aliphatic rings. The SMILES string of the molecule is CC(C)(C)[C@H](N)C(=O)Nc1cccc(OCc2cccc(F)c2)c1. The second kappa shape index (κ2) is 7.45. The smallest absolute Gasteiger partial charge is 0.241 e. The van der Waals surface area contributed by atoms with E-state index in [2.05, 4.69) is 5.32 Å². The van der Waals surface area contributed by atoms with Crippen LogP contribution in [-0.2, 0) is 11.4 Å². The van der Waals surface area contributed by atoms with Crippen LogP contribution in [0, 0.1) is 11.2 Å². The number of amides is 1. The number of carbonyl (C=O) groups excluding carboxylic acids is 1. The standard InChI is InChI=1S/C19H23FN2O2/c1-19(2,3)17(21)18(23)22-15-8-5-9-16(11-15)24-12-13-6-4-7-14(20)10-13/h4-11,17H,12,21H2,1-3H3,(H,22,23)/t17-/m1/s1. The van der Waals surface area contributed by atoms with Gasteiger partial charge < -0.3 is 15.8 Å². The van der Waals surface area contributed by atoms with E-state index in [9.17, 15) is 9.18 Å². The van der Waals surface area contributed by atoms with Gasteiger partial charge in [0.15, 0.2) is 0 Å². The third-order valence-corrected chi connectivity index (χ3v) is 3.61. The van der Waals surface area contributed by atoms with Crippen molar-refractivity contribution in [1.82, 2.24) is 0 Å². The monoisotopic (exact) mass is 330 g/mol. The molecule has 0 saturated carbocycles. The molecular weight excluding hydrogens is 307 g/mol. The van der Waals surface area contributed by atoms with Crippen molar-refractivity contribution >= 4 is 11.6 Å². The molecule has 2 aromatic carbocycles. The van der Waals surface area contributed by atoms with Gasteiger partial charge in [0.05, 0.1) is 6.04 Å². The first kappa shape index (κ1) is 17.9. The molecule has 0 radical (unpaired) electrons. The van der Waals surface area contributed by atoms with Gasteiger partial charge in [0.2, 0.25) is 5.91 Å². The molecule has 2 aromatic rings. The van der Waals surface area contributed by atoms with E-state index in [1.165, 1.54) is 12.1 Å². The maximum Gasteiger partial charge on any atom is 0.241 e. The van der Waals surface area contributed by atoms with E-state index < -0.39 is 6.04 Å². The number of nitrogens with one attached hydrogen (secondary N) is 1. The number of nitrogens with two attached hydrogens (primary N) is 1. The average Bonchev–Trinajstić information content (AvgIpc) is 2.52. The lowest BCUT2D eigenvalue weighted by Gasteiger charge is -2.25. The molecule has 1 amide bonds. The second-order valence-electron chi connectivity index (χ2n) is 6.78. The summed E-state index contributed by atoms with van der Waals surface area (Å²) < 4.78 is 18.8. The van der Waals surface area contributed by atoms with Crippen molar-refractivity contribution in [2.45, 2.75) is 33.4 Å². The van der Waals surface area contributed by atoms with Gasteiger partial charge in [0, 0.05) is 11.8 Å². The fraction of sp³-hybridized carbons (Fsp3) is 0.316. The van der Waals surface area contributed by atoms with Gasteiger partial charge in [-0.3, -0.25) is 4.79 Å². The van der Waals surface area contributed by atoms with E-state index in [-0.39, 0.29) is 23.7 Å². The molecule has 1 atom stereocenters. The fourth-order valence-corrected chi connectivity index (χ4v) is 2.07. The van der Waals surface area contributed by atoms with Crippen LogP contribution < -0.4 is 15.8 Å². The summed E-state index contributed by atoms with van der Waals surface area (Å²) in [5.74, 6) is 0.0412. The predicted octanol–water partition coefficient (Wildman–Crippen LogP) is 3.72. The van der Waals surface area contributed by atoms with Crippen molar-refractivity contribution in [2.75, 3.05) is 5.32 Å². The Labute approximate surface area is 141 Å². The largest absolute Gasteiger partial charge is 0.489 e. The Hall–Kier alpha value is -2.40. The predicted molar refractivity (Wildman–Crippen MR) is 93.2 cm³/mol. The molecule has 0 heterocycles. The summed E-state index contributed by atoms with van der Waals surface area (Å²) in [6.07, 6.45) is 0. The van der Waals surface area contributed by atoms with Crippen LogP contribution in [0.4, 0.5) is 10.1 Å². The molecule has 0 saturated heterocycles. The molecule has 2 rings (SSSR count). The van der Waals surface area contributed by atoms with Gasteiger partial charge >= 0.3 is 0 Å². The summed E-state index contributed by atoms with van der Waals surface area (Å²) in [6, 6.07) is 12.7. The van der Waals surface area contributed by atoms with E-state index in [1.807, 2.05) is 20.8 Å². The summed E-state index contributed by atoms with van der Waals surface area (Å²) >= 11 is 0. The number of rotatable bonds is 5. The second-order valence-corrected chi connectivity index (χ2v) is 6.78. The van der Waals surface area contributed by atoms with Gasteiger partial charge in [-0.25, -0.2) is 4.39 Å². The summed E-state index contributed by atoms with van der Waals surface area (Å²) in [5.41, 5.74) is 6.97. The highest BCUT2D eigenvalue weighted by Gasteiger charge is 2.27. The topological polar surface area (TPSA) is 64.4 Å². The van der Waals surface area contributed by atoms with Gasteiger partial charge in [-0.1, -0.05) is 39.0 Å². The first-order valence-corrected chi connectivity index (χ1v) is 7.79. The number of carbonyl (C=O) groups is 1. The number of hydrogen-bond acceptors (Lipinski definition) is 3. The van der Waals surface area contributed by atoms with Gasteiger partial charge in [-0.05, 0) is 35.2 Å². The quantitative estimate of drug-likeness (QED) is 0.878.